The van der Waals surface area contributed by atoms with E-state index in [1.54, 1.807) is 6.08 Å². The molecule has 6 N–H and O–H groups in total. The quantitative estimate of drug-likeness (QED) is 0.0195. The predicted molar refractivity (Wildman–Crippen MR) is 324 cm³/mol. The molecule has 0 bridgehead atoms. The van der Waals surface area contributed by atoms with Crippen LogP contribution in [-0.4, -0.2) is 99.6 Å². The lowest BCUT2D eigenvalue weighted by Crippen LogP contribution is -2.61. The number of amides is 1. The number of aliphatic hydroxyl groups excluding tert-OH is 5. The molecule has 0 aromatic carbocycles. The summed E-state index contributed by atoms with van der Waals surface area (Å²) in [6, 6.07) is -1.03. The van der Waals surface area contributed by atoms with Gasteiger partial charge in [-0.05, 0) is 89.9 Å². The van der Waals surface area contributed by atoms with Gasteiger partial charge >= 0.3 is 5.97 Å². The van der Waals surface area contributed by atoms with E-state index in [1.165, 1.54) is 173 Å². The van der Waals surface area contributed by atoms with E-state index in [4.69, 9.17) is 14.2 Å². The van der Waals surface area contributed by atoms with Crippen molar-refractivity contribution in [3.05, 3.63) is 60.8 Å². The number of unbranched alkanes of at least 4 members (excludes halogenated alkanes) is 33. The summed E-state index contributed by atoms with van der Waals surface area (Å²) in [5.41, 5.74) is 0. The number of aliphatic hydroxyl groups is 5. The highest BCUT2D eigenvalue weighted by atomic mass is 16.7. The summed E-state index contributed by atoms with van der Waals surface area (Å²) in [4.78, 5) is 26.5. The molecule has 1 rings (SSSR count). The molecule has 1 saturated heterocycles. The highest BCUT2D eigenvalue weighted by Crippen LogP contribution is 2.26. The van der Waals surface area contributed by atoms with Crippen molar-refractivity contribution in [2.24, 2.45) is 0 Å². The third-order valence-electron chi connectivity index (χ3n) is 15.1. The highest BCUT2D eigenvalue weighted by molar-refractivity contribution is 5.80. The van der Waals surface area contributed by atoms with E-state index in [0.29, 0.717) is 12.8 Å². The van der Waals surface area contributed by atoms with Crippen LogP contribution in [0.15, 0.2) is 60.8 Å². The topological polar surface area (TPSA) is 175 Å². The van der Waals surface area contributed by atoms with Crippen LogP contribution < -0.4 is 5.32 Å². The number of rotatable bonds is 55. The molecule has 0 radical (unpaired) electrons. The maximum absolute atomic E-state index is 13.4. The highest BCUT2D eigenvalue weighted by Gasteiger charge is 2.47. The van der Waals surface area contributed by atoms with Crippen molar-refractivity contribution in [3.63, 3.8) is 0 Å². The van der Waals surface area contributed by atoms with Crippen LogP contribution in [0.4, 0.5) is 0 Å². The van der Waals surface area contributed by atoms with Crippen LogP contribution in [0.5, 0.6) is 0 Å². The van der Waals surface area contributed by atoms with Gasteiger partial charge in [-0.1, -0.05) is 255 Å². The van der Waals surface area contributed by atoms with Crippen LogP contribution in [0, 0.1) is 0 Å². The molecule has 8 atom stereocenters. The number of allylic oxidation sites excluding steroid dienone is 9. The molecular formula is C67H121NO10. The van der Waals surface area contributed by atoms with Crippen molar-refractivity contribution in [3.8, 4) is 0 Å². The molecule has 0 spiro atoms. The molecule has 78 heavy (non-hydrogen) atoms. The molecule has 1 fully saturated rings. The molecule has 454 valence electrons. The van der Waals surface area contributed by atoms with Crippen LogP contribution in [-0.2, 0) is 23.8 Å². The number of ether oxygens (including phenoxy) is 3. The van der Waals surface area contributed by atoms with Gasteiger partial charge in [0.15, 0.2) is 12.4 Å². The van der Waals surface area contributed by atoms with Gasteiger partial charge in [0.25, 0.3) is 0 Å². The Hall–Kier alpha value is -2.64. The van der Waals surface area contributed by atoms with Gasteiger partial charge in [-0.25, -0.2) is 0 Å². The zero-order valence-electron chi connectivity index (χ0n) is 50.3. The second-order valence-corrected chi connectivity index (χ2v) is 22.5. The number of nitrogens with one attached hydrogen (secondary N) is 1. The van der Waals surface area contributed by atoms with Gasteiger partial charge in [0, 0.05) is 6.42 Å². The smallest absolute Gasteiger partial charge is 0.306 e. The van der Waals surface area contributed by atoms with Gasteiger partial charge in [0.05, 0.1) is 25.4 Å². The number of carbonyl (C=O) groups excluding carboxylic acids is 2. The minimum Gasteiger partial charge on any atom is -0.454 e. The van der Waals surface area contributed by atoms with Crippen LogP contribution in [0.3, 0.4) is 0 Å². The Bertz CT molecular complexity index is 1500. The maximum Gasteiger partial charge on any atom is 0.306 e. The average Bonchev–Trinajstić information content (AvgIpc) is 3.44. The van der Waals surface area contributed by atoms with Gasteiger partial charge in [0.2, 0.25) is 5.91 Å². The maximum atomic E-state index is 13.4. The lowest BCUT2D eigenvalue weighted by molar-refractivity contribution is -0.305. The summed E-state index contributed by atoms with van der Waals surface area (Å²) in [6.45, 7) is 5.75. The Balaban J connectivity index is 2.58. The van der Waals surface area contributed by atoms with Crippen molar-refractivity contribution < 1.29 is 49.3 Å². The Morgan fingerprint density at radius 3 is 1.36 bits per heavy atom. The fourth-order valence-corrected chi connectivity index (χ4v) is 9.95. The fraction of sp³-hybridized carbons (Fsp3) is 0.821. The third kappa shape index (κ3) is 42.2. The second-order valence-electron chi connectivity index (χ2n) is 22.5. The van der Waals surface area contributed by atoms with E-state index >= 15 is 0 Å². The van der Waals surface area contributed by atoms with E-state index in [9.17, 15) is 35.1 Å². The molecule has 1 aliphatic rings. The van der Waals surface area contributed by atoms with Crippen molar-refractivity contribution in [2.45, 2.75) is 339 Å². The molecule has 11 nitrogen and oxygen atoms in total. The first kappa shape index (κ1) is 73.4. The summed E-state index contributed by atoms with van der Waals surface area (Å²) in [6.07, 6.45) is 58.4. The van der Waals surface area contributed by atoms with Gasteiger partial charge in [-0.3, -0.25) is 9.59 Å². The first-order valence-corrected chi connectivity index (χ1v) is 32.6. The van der Waals surface area contributed by atoms with E-state index in [0.717, 1.165) is 70.6 Å². The largest absolute Gasteiger partial charge is 0.454 e. The Morgan fingerprint density at radius 2 is 0.885 bits per heavy atom. The van der Waals surface area contributed by atoms with E-state index in [-0.39, 0.29) is 19.4 Å². The number of hydrogen-bond acceptors (Lipinski definition) is 10. The molecule has 1 aliphatic heterocycles. The van der Waals surface area contributed by atoms with Gasteiger partial charge < -0.3 is 45.1 Å². The molecule has 11 heteroatoms. The standard InChI is InChI=1S/C67H121NO10/c1-4-7-10-13-16-19-22-24-25-26-27-28-29-30-31-32-33-34-35-37-40-43-46-49-52-55-62(72)78-65-64(74)63(73)61(56-69)77-67(65)76-57-58(59(70)53-50-47-44-41-38-21-18-15-12-9-6-3)68-66(75)60(71)54-51-48-45-42-39-36-23-20-17-14-11-8-5-2/h16,19,24-25,27-28,39,42,50,53,58-61,63-65,67,69-71,73-74H,4-15,17-18,20-23,26,29-38,40-41,43-49,51-52,54-57H2,1-3H3,(H,68,75)/b19-16-,25-24-,28-27-,42-39-,53-50+. The van der Waals surface area contributed by atoms with Crippen LogP contribution in [0.2, 0.25) is 0 Å². The first-order chi connectivity index (χ1) is 38.2. The Morgan fingerprint density at radius 1 is 0.500 bits per heavy atom. The molecular weight excluding hydrogens is 979 g/mol. The van der Waals surface area contributed by atoms with Gasteiger partial charge in [-0.15, -0.1) is 0 Å². The predicted octanol–water partition coefficient (Wildman–Crippen LogP) is 15.8. The summed E-state index contributed by atoms with van der Waals surface area (Å²) < 4.78 is 17.6. The zero-order valence-corrected chi connectivity index (χ0v) is 50.3. The molecule has 0 saturated carbocycles. The second kappa shape index (κ2) is 54.9. The minimum absolute atomic E-state index is 0.119. The third-order valence-corrected chi connectivity index (χ3v) is 15.1. The van der Waals surface area contributed by atoms with Gasteiger partial charge in [0.1, 0.15) is 24.4 Å². The van der Waals surface area contributed by atoms with Crippen molar-refractivity contribution in [1.29, 1.82) is 0 Å². The molecule has 0 aromatic rings. The Labute approximate surface area is 478 Å². The van der Waals surface area contributed by atoms with Crippen molar-refractivity contribution in [2.75, 3.05) is 13.2 Å². The monoisotopic (exact) mass is 1100 g/mol. The lowest BCUT2D eigenvalue weighted by Gasteiger charge is -2.41. The van der Waals surface area contributed by atoms with E-state index < -0.39 is 67.4 Å². The molecule has 1 heterocycles. The van der Waals surface area contributed by atoms with Crippen LogP contribution in [0.25, 0.3) is 0 Å². The van der Waals surface area contributed by atoms with Crippen LogP contribution >= 0.6 is 0 Å². The van der Waals surface area contributed by atoms with Gasteiger partial charge in [-0.2, -0.15) is 0 Å². The molecule has 0 aromatic heterocycles. The SMILES string of the molecule is CCCCC/C=C\C/C=C\C/C=C\CCCCCCCCCCCCCCC(=O)OC1C(OCC(NC(=O)C(O)CCCC/C=C\CCCCCCCCC)C(O)/C=C/CCCCCCCCCCC)OC(CO)C(O)C1O. The molecule has 1 amide bonds. The minimum atomic E-state index is -1.62. The first-order valence-electron chi connectivity index (χ1n) is 32.6. The average molecular weight is 1100 g/mol. The summed E-state index contributed by atoms with van der Waals surface area (Å²) in [5, 5.41) is 56.9. The number of hydrogen-bond donors (Lipinski definition) is 6. The molecule has 8 unspecified atom stereocenters. The number of esters is 1. The summed E-state index contributed by atoms with van der Waals surface area (Å²) >= 11 is 0. The van der Waals surface area contributed by atoms with Crippen LogP contribution in [0.1, 0.15) is 290 Å². The summed E-state index contributed by atoms with van der Waals surface area (Å²) in [7, 11) is 0. The Kier molecular flexibility index (Phi) is 51.7. The number of carbonyl (C=O) groups is 2. The molecule has 0 aliphatic carbocycles. The van der Waals surface area contributed by atoms with E-state index in [1.807, 2.05) is 6.08 Å². The van der Waals surface area contributed by atoms with Crippen molar-refractivity contribution in [1.82, 2.24) is 5.32 Å². The van der Waals surface area contributed by atoms with E-state index in [2.05, 4.69) is 74.7 Å². The zero-order chi connectivity index (χ0) is 56.8. The summed E-state index contributed by atoms with van der Waals surface area (Å²) in [5.74, 6) is -1.21. The van der Waals surface area contributed by atoms with Crippen molar-refractivity contribution >= 4 is 11.9 Å². The normalized spacial score (nSPS) is 19.3. The lowest BCUT2D eigenvalue weighted by atomic mass is 9.99. The fourth-order valence-electron chi connectivity index (χ4n) is 9.95.